The monoisotopic (exact) mass is 495 g/mol. The molecule has 190 valence electrons. The lowest BCUT2D eigenvalue weighted by molar-refractivity contribution is -0.143. The number of aliphatic carboxylic acids is 2. The molecule has 0 spiro atoms. The van der Waals surface area contributed by atoms with Crippen LogP contribution >= 0.6 is 0 Å². The summed E-state index contributed by atoms with van der Waals surface area (Å²) in [6.07, 6.45) is 1.54. The van der Waals surface area contributed by atoms with Crippen LogP contribution in [-0.2, 0) is 25.7 Å². The Bertz CT molecular complexity index is 1360. The Morgan fingerprint density at radius 1 is 0.917 bits per heavy atom. The van der Waals surface area contributed by atoms with Crippen LogP contribution in [0.2, 0.25) is 0 Å². The molecule has 0 radical (unpaired) electrons. The van der Waals surface area contributed by atoms with Crippen molar-refractivity contribution >= 4 is 51.2 Å². The smallest absolute Gasteiger partial charge is 0.326 e. The zero-order valence-electron chi connectivity index (χ0n) is 20.0. The third-order valence-corrected chi connectivity index (χ3v) is 5.86. The number of carbonyl (C=O) groups is 4. The minimum Gasteiger partial charge on any atom is -0.481 e. The van der Waals surface area contributed by atoms with Gasteiger partial charge in [-0.1, -0.05) is 18.6 Å². The Morgan fingerprint density at radius 2 is 1.64 bits per heavy atom. The standard InChI is InChI=1S/C26H29N3O7/c1-16(30)27-17-10-12-22-19(15-17)25(34)18-7-4-5-8-21(18)29(22)14-6-2-3-9-23(31)28-20(26(35)36)11-13-24(32)33/h4-5,7-8,10,12,15,20H,2-3,6,9,11,13-14H2,1H3,(H,27,30)(H,28,31)(H,32,33)(H,35,36)/t20-/m0/s1. The average Bonchev–Trinajstić information content (AvgIpc) is 2.82. The topological polar surface area (TPSA) is 155 Å². The number of carboxylic acid groups (broad SMARTS) is 2. The van der Waals surface area contributed by atoms with Gasteiger partial charge in [0.05, 0.1) is 11.0 Å². The van der Waals surface area contributed by atoms with E-state index in [0.717, 1.165) is 11.0 Å². The van der Waals surface area contributed by atoms with Gasteiger partial charge >= 0.3 is 11.9 Å². The van der Waals surface area contributed by atoms with Crippen LogP contribution in [0.5, 0.6) is 0 Å². The number of nitrogens with one attached hydrogen (secondary N) is 2. The summed E-state index contributed by atoms with van der Waals surface area (Å²) in [4.78, 5) is 58.6. The van der Waals surface area contributed by atoms with E-state index in [1.165, 1.54) is 6.92 Å². The third kappa shape index (κ3) is 6.68. The number of benzene rings is 2. The van der Waals surface area contributed by atoms with E-state index in [4.69, 9.17) is 5.11 Å². The summed E-state index contributed by atoms with van der Waals surface area (Å²) in [6.45, 7) is 2.00. The summed E-state index contributed by atoms with van der Waals surface area (Å²) in [5.41, 5.74) is 1.97. The number of carboxylic acids is 2. The molecular formula is C26H29N3O7. The van der Waals surface area contributed by atoms with Gasteiger partial charge in [-0.2, -0.15) is 0 Å². The number of nitrogens with zero attached hydrogens (tertiary/aromatic N) is 1. The summed E-state index contributed by atoms with van der Waals surface area (Å²) < 4.78 is 2.05. The molecule has 10 heteroatoms. The Kier molecular flexibility index (Phi) is 8.77. The highest BCUT2D eigenvalue weighted by Gasteiger charge is 2.20. The van der Waals surface area contributed by atoms with E-state index in [1.54, 1.807) is 24.3 Å². The normalized spacial score (nSPS) is 11.8. The molecule has 0 saturated heterocycles. The molecule has 0 bridgehead atoms. The van der Waals surface area contributed by atoms with Crippen molar-refractivity contribution in [3.63, 3.8) is 0 Å². The van der Waals surface area contributed by atoms with Crippen molar-refractivity contribution in [3.8, 4) is 0 Å². The molecule has 0 fully saturated rings. The van der Waals surface area contributed by atoms with Gasteiger partial charge in [0.15, 0.2) is 5.43 Å². The van der Waals surface area contributed by atoms with Crippen LogP contribution in [-0.4, -0.2) is 44.6 Å². The fraction of sp³-hybridized carbons (Fsp3) is 0.346. The number of hydrogen-bond donors (Lipinski definition) is 4. The van der Waals surface area contributed by atoms with Gasteiger partial charge in [-0.15, -0.1) is 0 Å². The van der Waals surface area contributed by atoms with Crippen LogP contribution in [0.15, 0.2) is 47.3 Å². The molecule has 3 aromatic rings. The predicted molar refractivity (Wildman–Crippen MR) is 135 cm³/mol. The van der Waals surface area contributed by atoms with Crippen LogP contribution in [0.4, 0.5) is 5.69 Å². The van der Waals surface area contributed by atoms with E-state index in [-0.39, 0.29) is 30.6 Å². The largest absolute Gasteiger partial charge is 0.481 e. The first kappa shape index (κ1) is 26.4. The molecule has 1 aromatic heterocycles. The first-order valence-electron chi connectivity index (χ1n) is 11.7. The molecule has 36 heavy (non-hydrogen) atoms. The number of hydrogen-bond acceptors (Lipinski definition) is 5. The van der Waals surface area contributed by atoms with Crippen LogP contribution in [0.25, 0.3) is 21.8 Å². The second-order valence-electron chi connectivity index (χ2n) is 8.61. The van der Waals surface area contributed by atoms with Crippen molar-refractivity contribution < 1.29 is 29.4 Å². The SMILES string of the molecule is CC(=O)Nc1ccc2c(c1)c(=O)c1ccccc1n2CCCCCC(=O)N[C@@H](CCC(=O)O)C(=O)O. The number of pyridine rings is 1. The van der Waals surface area contributed by atoms with Gasteiger partial charge in [-0.05, 0) is 49.6 Å². The van der Waals surface area contributed by atoms with Gasteiger partial charge in [-0.25, -0.2) is 4.79 Å². The molecule has 1 atom stereocenters. The fourth-order valence-corrected chi connectivity index (χ4v) is 4.18. The maximum Gasteiger partial charge on any atom is 0.326 e. The van der Waals surface area contributed by atoms with Crippen molar-refractivity contribution in [3.05, 3.63) is 52.7 Å². The molecule has 3 rings (SSSR count). The number of fused-ring (bicyclic) bond motifs is 2. The Hall–Kier alpha value is -4.21. The Balaban J connectivity index is 1.67. The maximum absolute atomic E-state index is 13.1. The zero-order valence-corrected chi connectivity index (χ0v) is 20.0. The predicted octanol–water partition coefficient (Wildman–Crippen LogP) is 3.11. The molecule has 0 aliphatic heterocycles. The van der Waals surface area contributed by atoms with E-state index in [2.05, 4.69) is 15.2 Å². The van der Waals surface area contributed by atoms with E-state index >= 15 is 0 Å². The molecule has 0 saturated carbocycles. The Labute approximate surface area is 206 Å². The van der Waals surface area contributed by atoms with Crippen molar-refractivity contribution in [2.45, 2.75) is 58.0 Å². The number of aromatic nitrogens is 1. The molecule has 0 unspecified atom stereocenters. The van der Waals surface area contributed by atoms with Crippen LogP contribution < -0.4 is 16.1 Å². The van der Waals surface area contributed by atoms with Crippen molar-refractivity contribution in [1.82, 2.24) is 9.88 Å². The van der Waals surface area contributed by atoms with E-state index < -0.39 is 23.9 Å². The van der Waals surface area contributed by atoms with Gasteiger partial charge in [0.1, 0.15) is 6.04 Å². The number of rotatable bonds is 12. The number of carbonyl (C=O) groups excluding carboxylic acids is 2. The number of para-hydroxylation sites is 1. The van der Waals surface area contributed by atoms with Gasteiger partial charge < -0.3 is 25.4 Å². The first-order chi connectivity index (χ1) is 17.2. The summed E-state index contributed by atoms with van der Waals surface area (Å²) in [5, 5.41) is 24.1. The highest BCUT2D eigenvalue weighted by atomic mass is 16.4. The molecule has 10 nitrogen and oxygen atoms in total. The lowest BCUT2D eigenvalue weighted by Gasteiger charge is -2.16. The highest BCUT2D eigenvalue weighted by molar-refractivity contribution is 5.97. The molecule has 0 aliphatic rings. The lowest BCUT2D eigenvalue weighted by atomic mass is 10.1. The zero-order chi connectivity index (χ0) is 26.2. The van der Waals surface area contributed by atoms with E-state index in [9.17, 15) is 29.1 Å². The number of amides is 2. The molecule has 4 N–H and O–H groups in total. The second-order valence-corrected chi connectivity index (χ2v) is 8.61. The van der Waals surface area contributed by atoms with E-state index in [0.29, 0.717) is 42.3 Å². The molecule has 1 heterocycles. The second kappa shape index (κ2) is 12.0. The summed E-state index contributed by atoms with van der Waals surface area (Å²) in [6, 6.07) is 11.3. The molecule has 2 aromatic carbocycles. The van der Waals surface area contributed by atoms with Gasteiger partial charge in [-0.3, -0.25) is 19.2 Å². The molecule has 0 aliphatic carbocycles. The number of anilines is 1. The average molecular weight is 496 g/mol. The highest BCUT2D eigenvalue weighted by Crippen LogP contribution is 2.23. The van der Waals surface area contributed by atoms with Gasteiger partial charge in [0.25, 0.3) is 0 Å². The summed E-state index contributed by atoms with van der Waals surface area (Å²) in [5.74, 6) is -3.04. The summed E-state index contributed by atoms with van der Waals surface area (Å²) in [7, 11) is 0. The lowest BCUT2D eigenvalue weighted by Crippen LogP contribution is -2.41. The Morgan fingerprint density at radius 3 is 2.33 bits per heavy atom. The quantitative estimate of drug-likeness (QED) is 0.222. The van der Waals surface area contributed by atoms with Crippen molar-refractivity contribution in [2.24, 2.45) is 0 Å². The number of unbranched alkanes of at least 4 members (excludes halogenated alkanes) is 2. The van der Waals surface area contributed by atoms with Crippen LogP contribution in [0.3, 0.4) is 0 Å². The minimum absolute atomic E-state index is 0.114. The van der Waals surface area contributed by atoms with Crippen LogP contribution in [0, 0.1) is 0 Å². The third-order valence-electron chi connectivity index (χ3n) is 5.86. The van der Waals surface area contributed by atoms with E-state index in [1.807, 2.05) is 18.2 Å². The number of aryl methyl sites for hydroxylation is 1. The fourth-order valence-electron chi connectivity index (χ4n) is 4.18. The minimum atomic E-state index is -1.26. The maximum atomic E-state index is 13.1. The first-order valence-corrected chi connectivity index (χ1v) is 11.7. The van der Waals surface area contributed by atoms with Gasteiger partial charge in [0.2, 0.25) is 11.8 Å². The van der Waals surface area contributed by atoms with Gasteiger partial charge in [0, 0.05) is 42.8 Å². The molecular weight excluding hydrogens is 466 g/mol. The van der Waals surface area contributed by atoms with Crippen molar-refractivity contribution in [1.29, 1.82) is 0 Å². The van der Waals surface area contributed by atoms with Crippen molar-refractivity contribution in [2.75, 3.05) is 5.32 Å². The summed E-state index contributed by atoms with van der Waals surface area (Å²) >= 11 is 0. The molecule has 2 amide bonds. The van der Waals surface area contributed by atoms with Crippen LogP contribution in [0.1, 0.15) is 45.4 Å².